The van der Waals surface area contributed by atoms with Gasteiger partial charge >= 0.3 is 5.69 Å². The van der Waals surface area contributed by atoms with Gasteiger partial charge in [0, 0.05) is 24.2 Å². The second-order valence-corrected chi connectivity index (χ2v) is 7.44. The van der Waals surface area contributed by atoms with E-state index in [-0.39, 0.29) is 11.7 Å². The third kappa shape index (κ3) is 2.68. The fourth-order valence-electron chi connectivity index (χ4n) is 4.46. The normalized spacial score (nSPS) is 19.7. The number of fused-ring (bicyclic) bond motifs is 3. The summed E-state index contributed by atoms with van der Waals surface area (Å²) in [5.41, 5.74) is 3.87. The van der Waals surface area contributed by atoms with Gasteiger partial charge in [0.25, 0.3) is 0 Å². The molecule has 5 rings (SSSR count). The van der Waals surface area contributed by atoms with Gasteiger partial charge in [-0.05, 0) is 37.9 Å². The summed E-state index contributed by atoms with van der Waals surface area (Å²) < 4.78 is 1.96. The number of nitrogens with zero attached hydrogens (tertiary/aromatic N) is 3. The maximum absolute atomic E-state index is 12.8. The lowest BCUT2D eigenvalue weighted by atomic mass is 10.00. The molecule has 0 spiro atoms. The van der Waals surface area contributed by atoms with Gasteiger partial charge in [-0.3, -0.25) is 9.47 Å². The Hall–Kier alpha value is -2.86. The van der Waals surface area contributed by atoms with Gasteiger partial charge in [-0.15, -0.1) is 0 Å². The highest BCUT2D eigenvalue weighted by atomic mass is 16.1. The summed E-state index contributed by atoms with van der Waals surface area (Å²) in [5.74, 6) is 0. The maximum Gasteiger partial charge on any atom is 0.326 e. The molecule has 1 aliphatic rings. The minimum atomic E-state index is -0.0419. The zero-order valence-electron chi connectivity index (χ0n) is 15.4. The van der Waals surface area contributed by atoms with Crippen LogP contribution in [0.25, 0.3) is 22.1 Å². The van der Waals surface area contributed by atoms with E-state index >= 15 is 0 Å². The van der Waals surface area contributed by atoms with Crippen LogP contribution in [0, 0.1) is 0 Å². The van der Waals surface area contributed by atoms with Crippen LogP contribution in [0.1, 0.15) is 37.4 Å². The molecule has 138 valence electrons. The monoisotopic (exact) mass is 361 g/mol. The van der Waals surface area contributed by atoms with Gasteiger partial charge in [-0.2, -0.15) is 0 Å². The molecule has 2 N–H and O–H groups in total. The molecule has 4 aromatic rings. The van der Waals surface area contributed by atoms with Crippen LogP contribution in [-0.2, 0) is 0 Å². The second kappa shape index (κ2) is 6.39. The zero-order valence-corrected chi connectivity index (χ0v) is 15.4. The summed E-state index contributed by atoms with van der Waals surface area (Å²) in [4.78, 5) is 25.8. The molecule has 3 aromatic heterocycles. The Morgan fingerprint density at radius 3 is 2.93 bits per heavy atom. The third-order valence-corrected chi connectivity index (χ3v) is 5.88. The molecule has 1 aromatic carbocycles. The Balaban J connectivity index is 1.54. The van der Waals surface area contributed by atoms with Crippen molar-refractivity contribution in [2.24, 2.45) is 0 Å². The second-order valence-electron chi connectivity index (χ2n) is 7.44. The standard InChI is InChI=1S/C21H23N5O/c1-14(15-6-3-2-4-7-15)25-11-5-8-16(13-25)26-19-17-9-10-22-20(17)23-12-18(19)24-21(26)27/h2-4,6-7,9-10,12,14,16H,5,8,11,13H2,1H3,(H,22,23)(H,24,27)/t14?,16-/m1/s1. The van der Waals surface area contributed by atoms with Crippen molar-refractivity contribution >= 4 is 22.1 Å². The number of aromatic amines is 2. The van der Waals surface area contributed by atoms with Crippen molar-refractivity contribution in [3.8, 4) is 0 Å². The fourth-order valence-corrected chi connectivity index (χ4v) is 4.46. The average molecular weight is 361 g/mol. The molecule has 1 aliphatic heterocycles. The van der Waals surface area contributed by atoms with E-state index in [0.717, 1.165) is 48.0 Å². The summed E-state index contributed by atoms with van der Waals surface area (Å²) >= 11 is 0. The van der Waals surface area contributed by atoms with Gasteiger partial charge < -0.3 is 9.97 Å². The van der Waals surface area contributed by atoms with Gasteiger partial charge in [-0.25, -0.2) is 9.78 Å². The summed E-state index contributed by atoms with van der Waals surface area (Å²) in [6.07, 6.45) is 5.73. The molecule has 6 nitrogen and oxygen atoms in total. The Labute approximate surface area is 156 Å². The van der Waals surface area contributed by atoms with Crippen molar-refractivity contribution in [2.45, 2.75) is 31.8 Å². The van der Waals surface area contributed by atoms with E-state index in [2.05, 4.69) is 57.1 Å². The predicted octanol–water partition coefficient (Wildman–Crippen LogP) is 3.60. The number of piperidine rings is 1. The highest BCUT2D eigenvalue weighted by Crippen LogP contribution is 2.31. The fraction of sp³-hybridized carbons (Fsp3) is 0.333. The van der Waals surface area contributed by atoms with Crippen molar-refractivity contribution in [3.63, 3.8) is 0 Å². The summed E-state index contributed by atoms with van der Waals surface area (Å²) in [5, 5.41) is 0.999. The Bertz CT molecular complexity index is 1140. The van der Waals surface area contributed by atoms with Crippen LogP contribution in [0.15, 0.2) is 53.6 Å². The van der Waals surface area contributed by atoms with E-state index in [9.17, 15) is 4.79 Å². The van der Waals surface area contributed by atoms with E-state index in [1.807, 2.05) is 16.8 Å². The Morgan fingerprint density at radius 1 is 1.22 bits per heavy atom. The molecule has 0 bridgehead atoms. The van der Waals surface area contributed by atoms with Gasteiger partial charge in [0.05, 0.1) is 23.3 Å². The highest BCUT2D eigenvalue weighted by Gasteiger charge is 2.28. The molecule has 1 fully saturated rings. The molecule has 0 amide bonds. The van der Waals surface area contributed by atoms with Crippen molar-refractivity contribution < 1.29 is 0 Å². The number of aromatic nitrogens is 4. The van der Waals surface area contributed by atoms with Gasteiger partial charge in [0.15, 0.2) is 0 Å². The predicted molar refractivity (Wildman–Crippen MR) is 107 cm³/mol. The van der Waals surface area contributed by atoms with Crippen molar-refractivity contribution in [2.75, 3.05) is 13.1 Å². The number of benzene rings is 1. The molecule has 4 heterocycles. The lowest BCUT2D eigenvalue weighted by molar-refractivity contribution is 0.135. The van der Waals surface area contributed by atoms with E-state index in [0.29, 0.717) is 6.04 Å². The largest absolute Gasteiger partial charge is 0.346 e. The zero-order chi connectivity index (χ0) is 18.4. The molecule has 27 heavy (non-hydrogen) atoms. The average Bonchev–Trinajstić information content (AvgIpc) is 3.31. The van der Waals surface area contributed by atoms with E-state index < -0.39 is 0 Å². The maximum atomic E-state index is 12.8. The lowest BCUT2D eigenvalue weighted by Gasteiger charge is -2.37. The van der Waals surface area contributed by atoms with Crippen LogP contribution in [0.5, 0.6) is 0 Å². The van der Waals surface area contributed by atoms with Crippen LogP contribution in [0.2, 0.25) is 0 Å². The number of nitrogens with one attached hydrogen (secondary N) is 2. The topological polar surface area (TPSA) is 69.7 Å². The summed E-state index contributed by atoms with van der Waals surface area (Å²) in [7, 11) is 0. The molecule has 0 saturated carbocycles. The molecule has 0 radical (unpaired) electrons. The van der Waals surface area contributed by atoms with Crippen LogP contribution in [-0.4, -0.2) is 37.5 Å². The first kappa shape index (κ1) is 16.3. The van der Waals surface area contributed by atoms with Crippen LogP contribution >= 0.6 is 0 Å². The minimum Gasteiger partial charge on any atom is -0.346 e. The molecular weight excluding hydrogens is 338 g/mol. The SMILES string of the molecule is CC(c1ccccc1)N1CCC[C@@H](n2c(=O)[nH]c3cnc4[nH]ccc4c32)C1. The Kier molecular flexibility index (Phi) is 3.86. The number of hydrogen-bond donors (Lipinski definition) is 2. The van der Waals surface area contributed by atoms with Crippen LogP contribution in [0.3, 0.4) is 0 Å². The lowest BCUT2D eigenvalue weighted by Crippen LogP contribution is -2.40. The minimum absolute atomic E-state index is 0.0419. The quantitative estimate of drug-likeness (QED) is 0.586. The van der Waals surface area contributed by atoms with Gasteiger partial charge in [0.2, 0.25) is 0 Å². The van der Waals surface area contributed by atoms with Crippen molar-refractivity contribution in [3.05, 3.63) is 64.8 Å². The van der Waals surface area contributed by atoms with Gasteiger partial charge in [0.1, 0.15) is 5.65 Å². The number of hydrogen-bond acceptors (Lipinski definition) is 3. The van der Waals surface area contributed by atoms with E-state index in [1.165, 1.54) is 5.56 Å². The number of H-pyrrole nitrogens is 2. The van der Waals surface area contributed by atoms with E-state index in [1.54, 1.807) is 6.20 Å². The molecular formula is C21H23N5O. The number of likely N-dealkylation sites (tertiary alicyclic amines) is 1. The first-order chi connectivity index (χ1) is 13.2. The summed E-state index contributed by atoms with van der Waals surface area (Å²) in [6.45, 7) is 4.19. The molecule has 0 aliphatic carbocycles. The van der Waals surface area contributed by atoms with Crippen LogP contribution < -0.4 is 5.69 Å². The molecule has 1 unspecified atom stereocenters. The smallest absolute Gasteiger partial charge is 0.326 e. The Morgan fingerprint density at radius 2 is 2.07 bits per heavy atom. The van der Waals surface area contributed by atoms with Crippen LogP contribution in [0.4, 0.5) is 0 Å². The molecule has 2 atom stereocenters. The van der Waals surface area contributed by atoms with Crippen molar-refractivity contribution in [1.82, 2.24) is 24.4 Å². The number of imidazole rings is 1. The first-order valence-electron chi connectivity index (χ1n) is 9.57. The highest BCUT2D eigenvalue weighted by molar-refractivity contribution is 6.00. The first-order valence-corrected chi connectivity index (χ1v) is 9.57. The van der Waals surface area contributed by atoms with Crippen molar-refractivity contribution in [1.29, 1.82) is 0 Å². The molecule has 1 saturated heterocycles. The number of pyridine rings is 1. The molecule has 6 heteroatoms. The summed E-state index contributed by atoms with van der Waals surface area (Å²) in [6, 6.07) is 13.1. The van der Waals surface area contributed by atoms with E-state index in [4.69, 9.17) is 0 Å². The number of rotatable bonds is 3. The third-order valence-electron chi connectivity index (χ3n) is 5.88. The van der Waals surface area contributed by atoms with Gasteiger partial charge in [-0.1, -0.05) is 30.3 Å².